The van der Waals surface area contributed by atoms with Crippen molar-refractivity contribution in [3.63, 3.8) is 0 Å². The Morgan fingerprint density at radius 1 is 0.509 bits per heavy atom. The summed E-state index contributed by atoms with van der Waals surface area (Å²) in [7, 11) is 0. The molecule has 8 aromatic rings. The molecule has 0 aliphatic heterocycles. The monoisotopic (exact) mass is 730 g/mol. The number of hydrogen-bond donors (Lipinski definition) is 6. The maximum Gasteiger partial charge on any atom is 0.323 e. The van der Waals surface area contributed by atoms with Gasteiger partial charge in [0.15, 0.2) is 11.5 Å². The van der Waals surface area contributed by atoms with Gasteiger partial charge in [-0.15, -0.1) is 30.0 Å². The van der Waals surface area contributed by atoms with Gasteiger partial charge in [-0.1, -0.05) is 48.5 Å². The van der Waals surface area contributed by atoms with Crippen molar-refractivity contribution in [2.24, 2.45) is 0 Å². The zero-order valence-electron chi connectivity index (χ0n) is 29.6. The lowest BCUT2D eigenvalue weighted by Gasteiger charge is -2.13. The molecule has 6 aromatic carbocycles. The quantitative estimate of drug-likeness (QED) is 0.0848. The van der Waals surface area contributed by atoms with E-state index < -0.39 is 12.1 Å². The molecular weight excluding hydrogens is 697 g/mol. The number of carbonyl (C=O) groups is 2. The Labute approximate surface area is 314 Å². The summed E-state index contributed by atoms with van der Waals surface area (Å²) in [5.74, 6) is -0.314. The molecule has 272 valence electrons. The Kier molecular flexibility index (Phi) is 8.96. The second-order valence-corrected chi connectivity index (χ2v) is 13.0. The van der Waals surface area contributed by atoms with E-state index >= 15 is 0 Å². The first-order chi connectivity index (χ1) is 26.6. The molecule has 0 aliphatic rings. The number of nitrogens with one attached hydrogen (secondary N) is 4. The first-order valence-electron chi connectivity index (χ1n) is 17.3. The molecule has 6 N–H and O–H groups in total. The minimum atomic E-state index is -0.521. The Hall–Kier alpha value is -7.74. The Balaban J connectivity index is 0.863. The van der Waals surface area contributed by atoms with Crippen molar-refractivity contribution in [1.29, 1.82) is 0 Å². The fourth-order valence-corrected chi connectivity index (χ4v) is 6.17. The van der Waals surface area contributed by atoms with E-state index in [1.807, 2.05) is 86.6 Å². The third kappa shape index (κ3) is 7.45. The Morgan fingerprint density at radius 2 is 0.855 bits per heavy atom. The van der Waals surface area contributed by atoms with Crippen LogP contribution in [0.25, 0.3) is 33.4 Å². The Bertz CT molecular complexity index is 2470. The van der Waals surface area contributed by atoms with Gasteiger partial charge in [0.05, 0.1) is 11.4 Å². The van der Waals surface area contributed by atoms with Crippen molar-refractivity contribution >= 4 is 56.9 Å². The highest BCUT2D eigenvalue weighted by Gasteiger charge is 2.17. The van der Waals surface area contributed by atoms with Gasteiger partial charge >= 0.3 is 12.1 Å². The lowest BCUT2D eigenvalue weighted by Crippen LogP contribution is -2.20. The van der Waals surface area contributed by atoms with Gasteiger partial charge in [-0.3, -0.25) is 0 Å². The zero-order chi connectivity index (χ0) is 38.1. The first kappa shape index (κ1) is 34.4. The van der Waals surface area contributed by atoms with Crippen LogP contribution in [0.15, 0.2) is 121 Å². The van der Waals surface area contributed by atoms with Gasteiger partial charge in [-0.25, -0.2) is 9.59 Å². The summed E-state index contributed by atoms with van der Waals surface area (Å²) >= 11 is 0. The zero-order valence-corrected chi connectivity index (χ0v) is 29.6. The van der Waals surface area contributed by atoms with Crippen molar-refractivity contribution in [3.8, 4) is 22.9 Å². The van der Waals surface area contributed by atoms with Gasteiger partial charge in [0, 0.05) is 11.4 Å². The minimum absolute atomic E-state index is 0.157. The minimum Gasteiger partial charge on any atom is -0.504 e. The molecule has 4 amide bonds. The largest absolute Gasteiger partial charge is 0.504 e. The lowest BCUT2D eigenvalue weighted by atomic mass is 10.0. The van der Waals surface area contributed by atoms with Crippen molar-refractivity contribution in [1.82, 2.24) is 30.0 Å². The summed E-state index contributed by atoms with van der Waals surface area (Å²) < 4.78 is 0. The van der Waals surface area contributed by atoms with Gasteiger partial charge in [0.1, 0.15) is 33.4 Å². The standard InChI is InChI=1S/C41H34N10O4/c1-24-19-34(38(52)36(21-24)50-46-30-7-3-4-8-31(30)47-50)44-40(54)42-28-15-11-26(12-16-28)23-27-13-17-29(18-14-27)43-41(55)45-35-20-25(2)22-37(39(35)53)51-48-32-9-5-6-10-33(32)49-51/h3-22,52-53H,23H2,1-2H3,(H2,42,44,54)(H2,43,45,55). The predicted molar refractivity (Wildman–Crippen MR) is 212 cm³/mol. The highest BCUT2D eigenvalue weighted by atomic mass is 16.3. The average molecular weight is 731 g/mol. The molecule has 8 rings (SSSR count). The summed E-state index contributed by atoms with van der Waals surface area (Å²) in [6.45, 7) is 3.71. The molecule has 55 heavy (non-hydrogen) atoms. The number of aryl methyl sites for hydroxylation is 2. The highest BCUT2D eigenvalue weighted by molar-refractivity contribution is 6.02. The van der Waals surface area contributed by atoms with Gasteiger partial charge in [0.2, 0.25) is 0 Å². The molecule has 0 spiro atoms. The van der Waals surface area contributed by atoms with Crippen molar-refractivity contribution in [3.05, 3.63) is 144 Å². The number of nitrogens with zero attached hydrogens (tertiary/aromatic N) is 6. The van der Waals surface area contributed by atoms with Crippen molar-refractivity contribution < 1.29 is 19.8 Å². The normalized spacial score (nSPS) is 11.1. The second-order valence-electron chi connectivity index (χ2n) is 13.0. The van der Waals surface area contributed by atoms with Crippen LogP contribution in [0.3, 0.4) is 0 Å². The highest BCUT2D eigenvalue weighted by Crippen LogP contribution is 2.34. The van der Waals surface area contributed by atoms with E-state index in [0.717, 1.165) is 22.3 Å². The topological polar surface area (TPSA) is 184 Å². The molecule has 0 atom stereocenters. The third-order valence-corrected chi connectivity index (χ3v) is 8.80. The molecule has 0 saturated heterocycles. The molecule has 14 nitrogen and oxygen atoms in total. The smallest absolute Gasteiger partial charge is 0.323 e. The predicted octanol–water partition coefficient (Wildman–Crippen LogP) is 8.06. The van der Waals surface area contributed by atoms with Crippen LogP contribution in [-0.4, -0.2) is 52.3 Å². The number of anilines is 4. The van der Waals surface area contributed by atoms with Crippen LogP contribution >= 0.6 is 0 Å². The van der Waals surface area contributed by atoms with Crippen LogP contribution in [-0.2, 0) is 6.42 Å². The van der Waals surface area contributed by atoms with Gasteiger partial charge in [0.25, 0.3) is 0 Å². The van der Waals surface area contributed by atoms with Gasteiger partial charge in [-0.05, 0) is 115 Å². The average Bonchev–Trinajstić information content (AvgIpc) is 3.81. The van der Waals surface area contributed by atoms with Crippen molar-refractivity contribution in [2.45, 2.75) is 20.3 Å². The van der Waals surface area contributed by atoms with Crippen LogP contribution in [0.1, 0.15) is 22.3 Å². The number of benzene rings is 6. The fourth-order valence-electron chi connectivity index (χ4n) is 6.17. The molecule has 2 aromatic heterocycles. The van der Waals surface area contributed by atoms with E-state index in [-0.39, 0.29) is 22.9 Å². The van der Waals surface area contributed by atoms with Gasteiger partial charge in [-0.2, -0.15) is 0 Å². The summed E-state index contributed by atoms with van der Waals surface area (Å²) in [5.41, 5.74) is 8.63. The molecule has 2 heterocycles. The number of amides is 4. The molecule has 0 saturated carbocycles. The van der Waals surface area contributed by atoms with Crippen molar-refractivity contribution in [2.75, 3.05) is 21.3 Å². The van der Waals surface area contributed by atoms with Crippen LogP contribution in [0.2, 0.25) is 0 Å². The van der Waals surface area contributed by atoms with E-state index in [0.29, 0.717) is 51.2 Å². The maximum atomic E-state index is 12.9. The number of aromatic nitrogens is 6. The Morgan fingerprint density at radius 3 is 1.20 bits per heavy atom. The summed E-state index contributed by atoms with van der Waals surface area (Å²) in [5, 5.41) is 50.9. The number of aromatic hydroxyl groups is 2. The van der Waals surface area contributed by atoms with E-state index in [1.165, 1.54) is 9.59 Å². The SMILES string of the molecule is Cc1cc(NC(=O)Nc2ccc(Cc3ccc(NC(=O)Nc4cc(C)cc(-n5nc6ccccc6n5)c4O)cc3)cc2)c(O)c(-n2nc3ccccc3n2)c1. The number of hydrogen-bond acceptors (Lipinski definition) is 8. The van der Waals surface area contributed by atoms with Crippen LogP contribution in [0.5, 0.6) is 11.5 Å². The fraction of sp³-hybridized carbons (Fsp3) is 0.0732. The van der Waals surface area contributed by atoms with E-state index in [9.17, 15) is 19.8 Å². The number of fused-ring (bicyclic) bond motifs is 2. The maximum absolute atomic E-state index is 12.9. The lowest BCUT2D eigenvalue weighted by molar-refractivity contribution is 0.261. The molecular formula is C41H34N10O4. The third-order valence-electron chi connectivity index (χ3n) is 8.80. The molecule has 0 unspecified atom stereocenters. The van der Waals surface area contributed by atoms with Crippen LogP contribution in [0, 0.1) is 13.8 Å². The first-order valence-corrected chi connectivity index (χ1v) is 17.3. The molecule has 0 bridgehead atoms. The number of phenolic OH excluding ortho intramolecular Hbond substituents is 2. The number of rotatable bonds is 8. The van der Waals surface area contributed by atoms with E-state index in [2.05, 4.69) is 41.7 Å². The number of carbonyl (C=O) groups excluding carboxylic acids is 2. The van der Waals surface area contributed by atoms with Crippen LogP contribution < -0.4 is 21.3 Å². The molecule has 0 fully saturated rings. The number of phenols is 2. The number of urea groups is 2. The van der Waals surface area contributed by atoms with E-state index in [1.54, 1.807) is 48.5 Å². The molecule has 0 aliphatic carbocycles. The van der Waals surface area contributed by atoms with Crippen LogP contribution in [0.4, 0.5) is 32.3 Å². The molecule has 14 heteroatoms. The summed E-state index contributed by atoms with van der Waals surface area (Å²) in [4.78, 5) is 28.6. The molecule has 0 radical (unpaired) electrons. The van der Waals surface area contributed by atoms with E-state index in [4.69, 9.17) is 0 Å². The van der Waals surface area contributed by atoms with Gasteiger partial charge < -0.3 is 31.5 Å². The second kappa shape index (κ2) is 14.4. The summed E-state index contributed by atoms with van der Waals surface area (Å²) in [6, 6.07) is 35.4. The summed E-state index contributed by atoms with van der Waals surface area (Å²) in [6.07, 6.45) is 0.617.